The molecule has 0 fully saturated rings. The second kappa shape index (κ2) is 8.52. The van der Waals surface area contributed by atoms with E-state index in [4.69, 9.17) is 11.6 Å². The number of benzene rings is 3. The van der Waals surface area contributed by atoms with Crippen molar-refractivity contribution in [2.24, 2.45) is 0 Å². The van der Waals surface area contributed by atoms with E-state index in [0.29, 0.717) is 44.9 Å². The number of rotatable bonds is 4. The molecule has 4 aromatic rings. The first-order chi connectivity index (χ1) is 16.0. The highest BCUT2D eigenvalue weighted by Crippen LogP contribution is 2.38. The molecule has 1 aromatic heterocycles. The summed E-state index contributed by atoms with van der Waals surface area (Å²) in [6, 6.07) is 21.9. The minimum absolute atomic E-state index is 0.313. The maximum absolute atomic E-state index is 15.0. The van der Waals surface area contributed by atoms with Crippen LogP contribution in [-0.4, -0.2) is 20.7 Å². The van der Waals surface area contributed by atoms with Crippen molar-refractivity contribution < 1.29 is 9.18 Å². The van der Waals surface area contributed by atoms with E-state index in [2.05, 4.69) is 20.7 Å². The van der Waals surface area contributed by atoms with Crippen LogP contribution in [0.1, 0.15) is 18.5 Å². The van der Waals surface area contributed by atoms with Crippen molar-refractivity contribution >= 4 is 29.1 Å². The number of nitrogens with one attached hydrogen (secondary N) is 2. The van der Waals surface area contributed by atoms with Crippen LogP contribution in [0.3, 0.4) is 0 Å². The maximum Gasteiger partial charge on any atom is 0.255 e. The minimum atomic E-state index is -0.824. The van der Waals surface area contributed by atoms with Crippen molar-refractivity contribution in [2.45, 2.75) is 13.0 Å². The van der Waals surface area contributed by atoms with Crippen LogP contribution >= 0.6 is 11.6 Å². The number of anilines is 2. The summed E-state index contributed by atoms with van der Waals surface area (Å²) in [7, 11) is 0. The second-order valence-electron chi connectivity index (χ2n) is 7.59. The van der Waals surface area contributed by atoms with E-state index in [0.717, 1.165) is 0 Å². The number of fused-ring (bicyclic) bond motifs is 1. The Bertz CT molecular complexity index is 1380. The smallest absolute Gasteiger partial charge is 0.255 e. The molecule has 2 N–H and O–H groups in total. The Morgan fingerprint density at radius 2 is 1.73 bits per heavy atom. The van der Waals surface area contributed by atoms with Gasteiger partial charge in [-0.15, -0.1) is 5.10 Å². The zero-order valence-corrected chi connectivity index (χ0v) is 18.3. The summed E-state index contributed by atoms with van der Waals surface area (Å²) in [4.78, 5) is 18.0. The van der Waals surface area contributed by atoms with Gasteiger partial charge in [0.15, 0.2) is 5.82 Å². The van der Waals surface area contributed by atoms with Gasteiger partial charge in [0.25, 0.3) is 5.91 Å². The zero-order valence-electron chi connectivity index (χ0n) is 17.6. The van der Waals surface area contributed by atoms with Crippen LogP contribution in [0, 0.1) is 5.82 Å². The van der Waals surface area contributed by atoms with Crippen molar-refractivity contribution in [3.8, 4) is 11.4 Å². The molecule has 0 spiro atoms. The molecular weight excluding hydrogens is 441 g/mol. The van der Waals surface area contributed by atoms with E-state index in [1.807, 2.05) is 36.4 Å². The molecule has 5 rings (SSSR count). The summed E-state index contributed by atoms with van der Waals surface area (Å²) in [6.07, 6.45) is 0. The lowest BCUT2D eigenvalue weighted by Gasteiger charge is -2.28. The Hall–Kier alpha value is -3.97. The largest absolute Gasteiger partial charge is 0.328 e. The summed E-state index contributed by atoms with van der Waals surface area (Å²) in [5.41, 5.74) is 2.49. The molecule has 1 unspecified atom stereocenters. The SMILES string of the molecule is CC1=C(C(=O)Nc2ccccc2)C(c2ccccc2F)n2nc(-c3ccccc3Cl)nc2N1. The van der Waals surface area contributed by atoms with Crippen molar-refractivity contribution in [1.82, 2.24) is 14.8 Å². The number of carbonyl (C=O) groups is 1. The summed E-state index contributed by atoms with van der Waals surface area (Å²) in [5, 5.41) is 11.2. The molecule has 1 amide bonds. The fourth-order valence-electron chi connectivity index (χ4n) is 3.91. The molecule has 0 bridgehead atoms. The van der Waals surface area contributed by atoms with Gasteiger partial charge in [0.2, 0.25) is 5.95 Å². The Labute approximate surface area is 194 Å². The molecule has 8 heteroatoms. The van der Waals surface area contributed by atoms with Gasteiger partial charge in [-0.05, 0) is 37.3 Å². The molecule has 1 aliphatic heterocycles. The van der Waals surface area contributed by atoms with E-state index < -0.39 is 11.9 Å². The summed E-state index contributed by atoms with van der Waals surface area (Å²) in [5.74, 6) is -0.0308. The molecule has 1 aliphatic rings. The first-order valence-electron chi connectivity index (χ1n) is 10.3. The summed E-state index contributed by atoms with van der Waals surface area (Å²) in [6.45, 7) is 1.76. The number of hydrogen-bond acceptors (Lipinski definition) is 4. The molecule has 3 aromatic carbocycles. The average Bonchev–Trinajstić information content (AvgIpc) is 3.23. The first-order valence-corrected chi connectivity index (χ1v) is 10.7. The number of para-hydroxylation sites is 1. The summed E-state index contributed by atoms with van der Waals surface area (Å²) >= 11 is 6.35. The van der Waals surface area contributed by atoms with Gasteiger partial charge in [0.1, 0.15) is 11.9 Å². The van der Waals surface area contributed by atoms with E-state index in [-0.39, 0.29) is 5.91 Å². The highest BCUT2D eigenvalue weighted by molar-refractivity contribution is 6.33. The van der Waals surface area contributed by atoms with E-state index in [9.17, 15) is 9.18 Å². The lowest BCUT2D eigenvalue weighted by atomic mass is 9.94. The van der Waals surface area contributed by atoms with Crippen molar-refractivity contribution in [1.29, 1.82) is 0 Å². The quantitative estimate of drug-likeness (QED) is 0.412. The fraction of sp³-hybridized carbons (Fsp3) is 0.0800. The zero-order chi connectivity index (χ0) is 22.9. The van der Waals surface area contributed by atoms with Gasteiger partial charge in [-0.25, -0.2) is 9.07 Å². The Morgan fingerprint density at radius 3 is 2.48 bits per heavy atom. The average molecular weight is 460 g/mol. The fourth-order valence-corrected chi connectivity index (χ4v) is 4.13. The third kappa shape index (κ3) is 3.87. The number of amides is 1. The molecule has 1 atom stereocenters. The van der Waals surface area contributed by atoms with Crippen LogP contribution in [-0.2, 0) is 4.79 Å². The number of halogens is 2. The van der Waals surface area contributed by atoms with Gasteiger partial charge in [0, 0.05) is 22.5 Å². The van der Waals surface area contributed by atoms with Gasteiger partial charge < -0.3 is 10.6 Å². The van der Waals surface area contributed by atoms with Gasteiger partial charge in [0.05, 0.1) is 10.6 Å². The van der Waals surface area contributed by atoms with E-state index >= 15 is 0 Å². The highest BCUT2D eigenvalue weighted by Gasteiger charge is 2.36. The Kier molecular flexibility index (Phi) is 5.40. The number of hydrogen-bond donors (Lipinski definition) is 2. The van der Waals surface area contributed by atoms with Crippen LogP contribution in [0.25, 0.3) is 11.4 Å². The molecule has 2 heterocycles. The van der Waals surface area contributed by atoms with Crippen molar-refractivity contribution in [2.75, 3.05) is 10.6 Å². The molecule has 33 heavy (non-hydrogen) atoms. The third-order valence-electron chi connectivity index (χ3n) is 5.44. The molecule has 164 valence electrons. The highest BCUT2D eigenvalue weighted by atomic mass is 35.5. The van der Waals surface area contributed by atoms with E-state index in [1.54, 1.807) is 43.3 Å². The standard InChI is InChI=1S/C25H19ClFN5O/c1-15-21(24(33)29-16-9-3-2-4-10-16)22(18-12-6-8-14-20(18)27)32-25(28-15)30-23(31-32)17-11-5-7-13-19(17)26/h2-14,22H,1H3,(H,29,33)(H,28,30,31). The predicted molar refractivity (Wildman–Crippen MR) is 126 cm³/mol. The third-order valence-corrected chi connectivity index (χ3v) is 5.77. The van der Waals surface area contributed by atoms with E-state index in [1.165, 1.54) is 10.7 Å². The molecule has 0 aliphatic carbocycles. The molecular formula is C25H19ClFN5O. The topological polar surface area (TPSA) is 71.8 Å². The normalized spacial score (nSPS) is 15.1. The summed E-state index contributed by atoms with van der Waals surface area (Å²) < 4.78 is 16.5. The van der Waals surface area contributed by atoms with Crippen LogP contribution in [0.15, 0.2) is 90.1 Å². The van der Waals surface area contributed by atoms with Gasteiger partial charge in [-0.3, -0.25) is 4.79 Å². The predicted octanol–water partition coefficient (Wildman–Crippen LogP) is 5.67. The lowest BCUT2D eigenvalue weighted by Crippen LogP contribution is -2.32. The Balaban J connectivity index is 1.64. The first kappa shape index (κ1) is 20.9. The number of nitrogens with zero attached hydrogens (tertiary/aromatic N) is 3. The number of aromatic nitrogens is 3. The molecule has 6 nitrogen and oxygen atoms in total. The second-order valence-corrected chi connectivity index (χ2v) is 8.00. The maximum atomic E-state index is 15.0. The van der Waals surface area contributed by atoms with Gasteiger partial charge >= 0.3 is 0 Å². The van der Waals surface area contributed by atoms with Crippen LogP contribution in [0.4, 0.5) is 16.0 Å². The Morgan fingerprint density at radius 1 is 1.03 bits per heavy atom. The lowest BCUT2D eigenvalue weighted by molar-refractivity contribution is -0.113. The van der Waals surface area contributed by atoms with Crippen LogP contribution < -0.4 is 10.6 Å². The number of carbonyl (C=O) groups excluding carboxylic acids is 1. The van der Waals surface area contributed by atoms with Gasteiger partial charge in [-0.2, -0.15) is 4.98 Å². The van der Waals surface area contributed by atoms with Gasteiger partial charge in [-0.1, -0.05) is 60.1 Å². The van der Waals surface area contributed by atoms with Crippen LogP contribution in [0.2, 0.25) is 5.02 Å². The van der Waals surface area contributed by atoms with Crippen molar-refractivity contribution in [3.05, 3.63) is 107 Å². The number of allylic oxidation sites excluding steroid dienone is 1. The molecule has 0 saturated heterocycles. The minimum Gasteiger partial charge on any atom is -0.328 e. The monoisotopic (exact) mass is 459 g/mol. The molecule has 0 saturated carbocycles. The van der Waals surface area contributed by atoms with Crippen LogP contribution in [0.5, 0.6) is 0 Å². The van der Waals surface area contributed by atoms with Crippen molar-refractivity contribution in [3.63, 3.8) is 0 Å². The molecule has 0 radical (unpaired) electrons.